The van der Waals surface area contributed by atoms with E-state index in [1.54, 1.807) is 31.2 Å². The van der Waals surface area contributed by atoms with Crippen LogP contribution in [-0.2, 0) is 4.79 Å². The molecular weight excluding hydrogens is 291 g/mol. The van der Waals surface area contributed by atoms with Gasteiger partial charge in [0, 0.05) is 16.4 Å². The van der Waals surface area contributed by atoms with E-state index in [1.165, 1.54) is 12.1 Å². The summed E-state index contributed by atoms with van der Waals surface area (Å²) in [6.45, 7) is 3.72. The van der Waals surface area contributed by atoms with Gasteiger partial charge in [0.25, 0.3) is 0 Å². The molecule has 5 heteroatoms. The molecule has 0 spiro atoms. The third-order valence-electron chi connectivity index (χ3n) is 3.17. The van der Waals surface area contributed by atoms with Gasteiger partial charge in [0.05, 0.1) is 6.54 Å². The number of nitrogens with one attached hydrogen (secondary N) is 2. The molecule has 0 aliphatic rings. The summed E-state index contributed by atoms with van der Waals surface area (Å²) in [5, 5.41) is 6.38. The second-order valence-electron chi connectivity index (χ2n) is 4.77. The minimum absolute atomic E-state index is 0.0957. The van der Waals surface area contributed by atoms with Gasteiger partial charge in [-0.1, -0.05) is 17.7 Å². The number of amides is 1. The number of anilines is 2. The van der Waals surface area contributed by atoms with E-state index >= 15 is 0 Å². The maximum Gasteiger partial charge on any atom is 0.243 e. The molecule has 3 nitrogen and oxygen atoms in total. The number of rotatable bonds is 4. The second kappa shape index (κ2) is 6.59. The van der Waals surface area contributed by atoms with E-state index in [4.69, 9.17) is 11.6 Å². The second-order valence-corrected chi connectivity index (χ2v) is 5.18. The average Bonchev–Trinajstić information content (AvgIpc) is 2.43. The first-order valence-corrected chi connectivity index (χ1v) is 6.90. The summed E-state index contributed by atoms with van der Waals surface area (Å²) in [4.78, 5) is 11.9. The van der Waals surface area contributed by atoms with E-state index in [0.29, 0.717) is 10.7 Å². The van der Waals surface area contributed by atoms with E-state index in [9.17, 15) is 9.18 Å². The Bertz CT molecular complexity index is 673. The van der Waals surface area contributed by atoms with E-state index in [1.807, 2.05) is 6.92 Å². The molecule has 0 radical (unpaired) electrons. The average molecular weight is 307 g/mol. The molecular formula is C16H16ClFN2O. The van der Waals surface area contributed by atoms with Crippen molar-refractivity contribution in [3.8, 4) is 0 Å². The van der Waals surface area contributed by atoms with Gasteiger partial charge in [0.15, 0.2) is 0 Å². The van der Waals surface area contributed by atoms with Gasteiger partial charge in [-0.05, 0) is 55.3 Å². The number of carbonyl (C=O) groups is 1. The van der Waals surface area contributed by atoms with E-state index in [-0.39, 0.29) is 18.3 Å². The highest BCUT2D eigenvalue weighted by atomic mass is 35.5. The van der Waals surface area contributed by atoms with Gasteiger partial charge in [-0.3, -0.25) is 4.79 Å². The van der Waals surface area contributed by atoms with Crippen LogP contribution >= 0.6 is 11.6 Å². The summed E-state index contributed by atoms with van der Waals surface area (Å²) in [5.41, 5.74) is 2.99. The molecule has 2 N–H and O–H groups in total. The molecule has 0 fully saturated rings. The van der Waals surface area contributed by atoms with Crippen molar-refractivity contribution in [3.05, 3.63) is 58.4 Å². The molecule has 2 aromatic rings. The van der Waals surface area contributed by atoms with Crippen LogP contribution in [0.1, 0.15) is 11.1 Å². The zero-order valence-electron chi connectivity index (χ0n) is 11.8. The summed E-state index contributed by atoms with van der Waals surface area (Å²) in [5.74, 6) is -0.485. The van der Waals surface area contributed by atoms with Crippen LogP contribution in [0.5, 0.6) is 0 Å². The number of hydrogen-bond acceptors (Lipinski definition) is 2. The fourth-order valence-corrected chi connectivity index (χ4v) is 2.11. The first-order chi connectivity index (χ1) is 9.97. The van der Waals surface area contributed by atoms with Gasteiger partial charge >= 0.3 is 0 Å². The molecule has 0 bridgehead atoms. The van der Waals surface area contributed by atoms with Crippen molar-refractivity contribution >= 4 is 28.9 Å². The number of hydrogen-bond donors (Lipinski definition) is 2. The lowest BCUT2D eigenvalue weighted by atomic mass is 10.2. The van der Waals surface area contributed by atoms with Crippen molar-refractivity contribution in [2.45, 2.75) is 13.8 Å². The monoisotopic (exact) mass is 306 g/mol. The summed E-state index contributed by atoms with van der Waals surface area (Å²) in [6, 6.07) is 9.73. The van der Waals surface area contributed by atoms with E-state index < -0.39 is 0 Å². The molecule has 2 rings (SSSR count). The molecule has 1 amide bonds. The molecule has 2 aromatic carbocycles. The van der Waals surface area contributed by atoms with Gasteiger partial charge < -0.3 is 10.6 Å². The minimum atomic E-state index is -0.294. The first kappa shape index (κ1) is 15.3. The third-order valence-corrected chi connectivity index (χ3v) is 3.58. The van der Waals surface area contributed by atoms with Crippen LogP contribution in [0.25, 0.3) is 0 Å². The minimum Gasteiger partial charge on any atom is -0.376 e. The van der Waals surface area contributed by atoms with Crippen molar-refractivity contribution in [2.75, 3.05) is 17.2 Å². The Labute approximate surface area is 128 Å². The fourth-order valence-electron chi connectivity index (χ4n) is 1.94. The zero-order valence-corrected chi connectivity index (χ0v) is 12.6. The van der Waals surface area contributed by atoms with Crippen LogP contribution in [0.3, 0.4) is 0 Å². The van der Waals surface area contributed by atoms with Gasteiger partial charge in [-0.15, -0.1) is 0 Å². The van der Waals surface area contributed by atoms with Crippen LogP contribution in [-0.4, -0.2) is 12.5 Å². The fraction of sp³-hybridized carbons (Fsp3) is 0.188. The van der Waals surface area contributed by atoms with Crippen molar-refractivity contribution < 1.29 is 9.18 Å². The smallest absolute Gasteiger partial charge is 0.243 e. The quantitative estimate of drug-likeness (QED) is 0.891. The van der Waals surface area contributed by atoms with Crippen molar-refractivity contribution in [1.82, 2.24) is 0 Å². The summed E-state index contributed by atoms with van der Waals surface area (Å²) in [7, 11) is 0. The summed E-state index contributed by atoms with van der Waals surface area (Å²) in [6.07, 6.45) is 0. The largest absolute Gasteiger partial charge is 0.376 e. The Hall–Kier alpha value is -2.07. The lowest BCUT2D eigenvalue weighted by molar-refractivity contribution is -0.114. The van der Waals surface area contributed by atoms with Crippen LogP contribution in [0.15, 0.2) is 36.4 Å². The first-order valence-electron chi connectivity index (χ1n) is 6.52. The Morgan fingerprint density at radius 1 is 1.19 bits per heavy atom. The molecule has 0 aliphatic heterocycles. The lowest BCUT2D eigenvalue weighted by Gasteiger charge is -2.12. The van der Waals surface area contributed by atoms with Crippen molar-refractivity contribution in [3.63, 3.8) is 0 Å². The molecule has 0 aromatic heterocycles. The van der Waals surface area contributed by atoms with Crippen LogP contribution in [0.4, 0.5) is 15.8 Å². The highest BCUT2D eigenvalue weighted by molar-refractivity contribution is 6.31. The molecule has 0 heterocycles. The zero-order chi connectivity index (χ0) is 15.4. The number of aryl methyl sites for hydroxylation is 1. The standard InChI is InChI=1S/C16H16ClFN2O/c1-10-8-12(18)6-7-14(10)19-9-16(21)20-15-5-3-4-13(17)11(15)2/h3-8,19H,9H2,1-2H3,(H,20,21). The number of benzene rings is 2. The van der Waals surface area contributed by atoms with Crippen molar-refractivity contribution in [2.24, 2.45) is 0 Å². The molecule has 0 aliphatic carbocycles. The Morgan fingerprint density at radius 2 is 1.95 bits per heavy atom. The van der Waals surface area contributed by atoms with Gasteiger partial charge in [0.1, 0.15) is 5.82 Å². The van der Waals surface area contributed by atoms with Crippen LogP contribution in [0, 0.1) is 19.7 Å². The molecule has 110 valence electrons. The van der Waals surface area contributed by atoms with Crippen LogP contribution < -0.4 is 10.6 Å². The highest BCUT2D eigenvalue weighted by Gasteiger charge is 2.07. The lowest BCUT2D eigenvalue weighted by Crippen LogP contribution is -2.22. The SMILES string of the molecule is Cc1cc(F)ccc1NCC(=O)Nc1cccc(Cl)c1C. The predicted molar refractivity (Wildman–Crippen MR) is 84.4 cm³/mol. The maximum atomic E-state index is 13.0. The Morgan fingerprint density at radius 3 is 2.67 bits per heavy atom. The number of carbonyl (C=O) groups excluding carboxylic acids is 1. The summed E-state index contributed by atoms with van der Waals surface area (Å²) >= 11 is 6.00. The van der Waals surface area contributed by atoms with Crippen molar-refractivity contribution in [1.29, 1.82) is 0 Å². The van der Waals surface area contributed by atoms with Gasteiger partial charge in [0.2, 0.25) is 5.91 Å². The molecule has 0 saturated heterocycles. The van der Waals surface area contributed by atoms with Gasteiger partial charge in [-0.2, -0.15) is 0 Å². The van der Waals surface area contributed by atoms with Crippen LogP contribution in [0.2, 0.25) is 5.02 Å². The topological polar surface area (TPSA) is 41.1 Å². The Kier molecular flexibility index (Phi) is 4.81. The maximum absolute atomic E-state index is 13.0. The molecule has 0 saturated carbocycles. The normalized spacial score (nSPS) is 10.3. The summed E-state index contributed by atoms with van der Waals surface area (Å²) < 4.78 is 13.0. The van der Waals surface area contributed by atoms with E-state index in [0.717, 1.165) is 16.8 Å². The Balaban J connectivity index is 1.97. The molecule has 0 unspecified atom stereocenters. The van der Waals surface area contributed by atoms with E-state index in [2.05, 4.69) is 10.6 Å². The third kappa shape index (κ3) is 3.95. The van der Waals surface area contributed by atoms with Gasteiger partial charge in [-0.25, -0.2) is 4.39 Å². The molecule has 0 atom stereocenters. The number of halogens is 2. The predicted octanol–water partition coefficient (Wildman–Crippen LogP) is 4.15. The highest BCUT2D eigenvalue weighted by Crippen LogP contribution is 2.23. The molecule has 21 heavy (non-hydrogen) atoms.